The maximum absolute atomic E-state index is 12.1. The van der Waals surface area contributed by atoms with Crippen LogP contribution in [0.25, 0.3) is 0 Å². The van der Waals surface area contributed by atoms with E-state index in [-0.39, 0.29) is 5.91 Å². The molecule has 0 aliphatic heterocycles. The Morgan fingerprint density at radius 1 is 1.04 bits per heavy atom. The highest BCUT2D eigenvalue weighted by Gasteiger charge is 2.05. The molecule has 0 heterocycles. The second-order valence-corrected chi connectivity index (χ2v) is 6.13. The number of carbonyl (C=O) groups excluding carboxylic acids is 1. The van der Waals surface area contributed by atoms with Gasteiger partial charge in [-0.25, -0.2) is 0 Å². The maximum Gasteiger partial charge on any atom is 0.224 e. The first-order chi connectivity index (χ1) is 11.7. The van der Waals surface area contributed by atoms with E-state index in [0.29, 0.717) is 6.42 Å². The average molecular weight is 331 g/mol. The van der Waals surface area contributed by atoms with E-state index >= 15 is 0 Å². The van der Waals surface area contributed by atoms with Crippen LogP contribution < -0.4 is 10.2 Å². The topological polar surface area (TPSA) is 32.3 Å². The Kier molecular flexibility index (Phi) is 10.7. The number of amides is 1. The van der Waals surface area contributed by atoms with Crippen LogP contribution in [0.1, 0.15) is 65.7 Å². The number of hydrogen-bond acceptors (Lipinski definition) is 2. The molecule has 3 nitrogen and oxygen atoms in total. The Morgan fingerprint density at radius 2 is 1.75 bits per heavy atom. The van der Waals surface area contributed by atoms with Crippen molar-refractivity contribution in [3.05, 3.63) is 36.4 Å². The summed E-state index contributed by atoms with van der Waals surface area (Å²) in [6.07, 6.45) is 11.9. The van der Waals surface area contributed by atoms with E-state index in [2.05, 4.69) is 55.3 Å². The Balaban J connectivity index is 2.31. The van der Waals surface area contributed by atoms with Gasteiger partial charge in [-0.1, -0.05) is 38.0 Å². The molecule has 0 aliphatic rings. The van der Waals surface area contributed by atoms with E-state index in [9.17, 15) is 4.79 Å². The maximum atomic E-state index is 12.1. The normalized spacial score (nSPS) is 11.0. The molecule has 1 N–H and O–H groups in total. The van der Waals surface area contributed by atoms with Gasteiger partial charge in [0.15, 0.2) is 0 Å². The summed E-state index contributed by atoms with van der Waals surface area (Å²) in [5.41, 5.74) is 2.05. The fraction of sp³-hybridized carbons (Fsp3) is 0.571. The van der Waals surface area contributed by atoms with Gasteiger partial charge >= 0.3 is 0 Å². The third-order valence-corrected chi connectivity index (χ3v) is 4.17. The first kappa shape index (κ1) is 20.3. The van der Waals surface area contributed by atoms with Crippen molar-refractivity contribution in [2.75, 3.05) is 23.3 Å². The molecule has 1 aromatic rings. The van der Waals surface area contributed by atoms with Crippen LogP contribution in [-0.4, -0.2) is 19.0 Å². The third kappa shape index (κ3) is 8.19. The summed E-state index contributed by atoms with van der Waals surface area (Å²) in [4.78, 5) is 14.3. The lowest BCUT2D eigenvalue weighted by atomic mass is 10.1. The molecule has 0 saturated carbocycles. The van der Waals surface area contributed by atoms with Crippen molar-refractivity contribution in [3.63, 3.8) is 0 Å². The van der Waals surface area contributed by atoms with Crippen LogP contribution in [0.15, 0.2) is 36.4 Å². The van der Waals surface area contributed by atoms with Gasteiger partial charge in [-0.2, -0.15) is 0 Å². The van der Waals surface area contributed by atoms with E-state index in [1.807, 2.05) is 12.1 Å². The first-order valence-electron chi connectivity index (χ1n) is 9.51. The lowest BCUT2D eigenvalue weighted by Crippen LogP contribution is -2.22. The van der Waals surface area contributed by atoms with Crippen molar-refractivity contribution in [3.8, 4) is 0 Å². The Morgan fingerprint density at radius 3 is 2.42 bits per heavy atom. The second kappa shape index (κ2) is 12.6. The molecule has 0 aliphatic carbocycles. The molecule has 134 valence electrons. The van der Waals surface area contributed by atoms with Gasteiger partial charge in [0.2, 0.25) is 5.91 Å². The van der Waals surface area contributed by atoms with Crippen molar-refractivity contribution >= 4 is 17.3 Å². The minimum atomic E-state index is 0.103. The molecule has 0 unspecified atom stereocenters. The molecule has 0 bridgehead atoms. The highest BCUT2D eigenvalue weighted by Crippen LogP contribution is 2.19. The molecule has 0 saturated heterocycles. The SMILES string of the molecule is CCCCCC=CCCCC(=O)Nc1cccc(N(CC)CC)c1. The summed E-state index contributed by atoms with van der Waals surface area (Å²) in [6, 6.07) is 8.10. The lowest BCUT2D eigenvalue weighted by molar-refractivity contribution is -0.116. The number of nitrogens with one attached hydrogen (secondary N) is 1. The smallest absolute Gasteiger partial charge is 0.224 e. The molecule has 1 rings (SSSR count). The minimum Gasteiger partial charge on any atom is -0.372 e. The van der Waals surface area contributed by atoms with Gasteiger partial charge in [0, 0.05) is 30.9 Å². The van der Waals surface area contributed by atoms with Gasteiger partial charge in [-0.3, -0.25) is 4.79 Å². The van der Waals surface area contributed by atoms with E-state index < -0.39 is 0 Å². The van der Waals surface area contributed by atoms with E-state index in [1.54, 1.807) is 0 Å². The number of unbranched alkanes of at least 4 members (excludes halogenated alkanes) is 4. The molecule has 3 heteroatoms. The molecule has 0 radical (unpaired) electrons. The van der Waals surface area contributed by atoms with E-state index in [4.69, 9.17) is 0 Å². The molecule has 0 spiro atoms. The van der Waals surface area contributed by atoms with Crippen LogP contribution in [-0.2, 0) is 4.79 Å². The Hall–Kier alpha value is -1.77. The molecule has 0 atom stereocenters. The van der Waals surface area contributed by atoms with Crippen LogP contribution in [0.2, 0.25) is 0 Å². The van der Waals surface area contributed by atoms with E-state index in [0.717, 1.165) is 43.7 Å². The van der Waals surface area contributed by atoms with Crippen molar-refractivity contribution in [2.45, 2.75) is 65.7 Å². The summed E-state index contributed by atoms with van der Waals surface area (Å²) >= 11 is 0. The summed E-state index contributed by atoms with van der Waals surface area (Å²) in [5.74, 6) is 0.103. The van der Waals surface area contributed by atoms with Crippen LogP contribution in [0.3, 0.4) is 0 Å². The van der Waals surface area contributed by atoms with Crippen LogP contribution >= 0.6 is 0 Å². The third-order valence-electron chi connectivity index (χ3n) is 4.17. The molecule has 0 aromatic heterocycles. The Bertz CT molecular complexity index is 492. The number of nitrogens with zero attached hydrogens (tertiary/aromatic N) is 1. The number of hydrogen-bond donors (Lipinski definition) is 1. The highest BCUT2D eigenvalue weighted by atomic mass is 16.1. The van der Waals surface area contributed by atoms with Gasteiger partial charge in [0.25, 0.3) is 0 Å². The van der Waals surface area contributed by atoms with Crippen LogP contribution in [0.5, 0.6) is 0 Å². The zero-order valence-electron chi connectivity index (χ0n) is 15.7. The molecular formula is C21H34N2O. The predicted molar refractivity (Wildman–Crippen MR) is 106 cm³/mol. The van der Waals surface area contributed by atoms with E-state index in [1.165, 1.54) is 19.3 Å². The Labute approximate surface area is 148 Å². The van der Waals surface area contributed by atoms with Gasteiger partial charge in [-0.05, 0) is 57.7 Å². The second-order valence-electron chi connectivity index (χ2n) is 6.13. The number of allylic oxidation sites excluding steroid dienone is 2. The molecule has 24 heavy (non-hydrogen) atoms. The number of carbonyl (C=O) groups is 1. The zero-order valence-corrected chi connectivity index (χ0v) is 15.7. The standard InChI is InChI=1S/C21H34N2O/c1-4-7-8-9-10-11-12-13-17-21(24)22-19-15-14-16-20(18-19)23(5-2)6-3/h10-11,14-16,18H,4-9,12-13,17H2,1-3H3,(H,22,24). The summed E-state index contributed by atoms with van der Waals surface area (Å²) in [5, 5.41) is 3.01. The number of anilines is 2. The van der Waals surface area contributed by atoms with Crippen molar-refractivity contribution in [1.82, 2.24) is 0 Å². The van der Waals surface area contributed by atoms with Gasteiger partial charge in [-0.15, -0.1) is 0 Å². The molecule has 1 amide bonds. The zero-order chi connectivity index (χ0) is 17.6. The van der Waals surface area contributed by atoms with Crippen LogP contribution in [0, 0.1) is 0 Å². The van der Waals surface area contributed by atoms with Gasteiger partial charge < -0.3 is 10.2 Å². The fourth-order valence-electron chi connectivity index (χ4n) is 2.72. The lowest BCUT2D eigenvalue weighted by Gasteiger charge is -2.21. The highest BCUT2D eigenvalue weighted by molar-refractivity contribution is 5.91. The first-order valence-corrected chi connectivity index (χ1v) is 9.51. The molecular weight excluding hydrogens is 296 g/mol. The quantitative estimate of drug-likeness (QED) is 0.389. The van der Waals surface area contributed by atoms with Crippen molar-refractivity contribution < 1.29 is 4.79 Å². The van der Waals surface area contributed by atoms with Crippen LogP contribution in [0.4, 0.5) is 11.4 Å². The summed E-state index contributed by atoms with van der Waals surface area (Å²) < 4.78 is 0. The summed E-state index contributed by atoms with van der Waals surface area (Å²) in [6.45, 7) is 8.45. The fourth-order valence-corrected chi connectivity index (χ4v) is 2.72. The monoisotopic (exact) mass is 330 g/mol. The van der Waals surface area contributed by atoms with Gasteiger partial charge in [0.05, 0.1) is 0 Å². The average Bonchev–Trinajstić information content (AvgIpc) is 2.59. The van der Waals surface area contributed by atoms with Crippen molar-refractivity contribution in [2.24, 2.45) is 0 Å². The number of rotatable bonds is 12. The number of benzene rings is 1. The molecule has 1 aromatic carbocycles. The van der Waals surface area contributed by atoms with Crippen molar-refractivity contribution in [1.29, 1.82) is 0 Å². The predicted octanol–water partition coefficient (Wildman–Crippen LogP) is 5.78. The minimum absolute atomic E-state index is 0.103. The van der Waals surface area contributed by atoms with Gasteiger partial charge in [0.1, 0.15) is 0 Å². The largest absolute Gasteiger partial charge is 0.372 e. The summed E-state index contributed by atoms with van der Waals surface area (Å²) in [7, 11) is 0. The molecule has 0 fully saturated rings.